The molecule has 0 bridgehead atoms. The van der Waals surface area contributed by atoms with Gasteiger partial charge in [-0.15, -0.1) is 0 Å². The maximum absolute atomic E-state index is 5.04. The molecule has 3 aromatic rings. The van der Waals surface area contributed by atoms with E-state index in [1.54, 1.807) is 13.3 Å². The molecule has 2 aromatic heterocycles. The first-order valence-electron chi connectivity index (χ1n) is 5.42. The molecule has 1 aromatic carbocycles. The van der Waals surface area contributed by atoms with Gasteiger partial charge in [0.15, 0.2) is 0 Å². The van der Waals surface area contributed by atoms with Crippen molar-refractivity contribution in [3.8, 4) is 11.6 Å². The second kappa shape index (κ2) is 4.42. The monoisotopic (exact) mass is 303 g/mol. The van der Waals surface area contributed by atoms with Crippen molar-refractivity contribution in [2.24, 2.45) is 0 Å². The molecule has 0 spiro atoms. The molecular weight excluding hydrogens is 294 g/mol. The second-order valence-electron chi connectivity index (χ2n) is 3.79. The number of hydrogen-bond acceptors (Lipinski definition) is 3. The van der Waals surface area contributed by atoms with Gasteiger partial charge >= 0.3 is 0 Å². The van der Waals surface area contributed by atoms with Crippen molar-refractivity contribution >= 4 is 26.8 Å². The summed E-state index contributed by atoms with van der Waals surface area (Å²) >= 11 is 3.52. The molecule has 0 saturated carbocycles. The quantitative estimate of drug-likeness (QED) is 0.730. The van der Waals surface area contributed by atoms with Crippen molar-refractivity contribution in [2.45, 2.75) is 0 Å². The Morgan fingerprint density at radius 1 is 1.17 bits per heavy atom. The smallest absolute Gasteiger partial charge is 0.213 e. The maximum atomic E-state index is 5.04. The Morgan fingerprint density at radius 2 is 2.06 bits per heavy atom. The normalized spacial score (nSPS) is 10.8. The van der Waals surface area contributed by atoms with Crippen molar-refractivity contribution in [3.63, 3.8) is 0 Å². The zero-order valence-electron chi connectivity index (χ0n) is 9.67. The maximum Gasteiger partial charge on any atom is 0.213 e. The summed E-state index contributed by atoms with van der Waals surface area (Å²) in [4.78, 5) is 4.19. The van der Waals surface area contributed by atoms with Gasteiger partial charge in [-0.1, -0.05) is 22.0 Å². The molecule has 90 valence electrons. The largest absolute Gasteiger partial charge is 0.481 e. The van der Waals surface area contributed by atoms with Crippen molar-refractivity contribution < 1.29 is 4.74 Å². The number of nitrogens with zero attached hydrogens (tertiary/aromatic N) is 3. The van der Waals surface area contributed by atoms with Crippen LogP contribution in [0.5, 0.6) is 5.88 Å². The van der Waals surface area contributed by atoms with Crippen LogP contribution < -0.4 is 4.74 Å². The van der Waals surface area contributed by atoms with Gasteiger partial charge in [0.2, 0.25) is 5.88 Å². The van der Waals surface area contributed by atoms with E-state index in [-0.39, 0.29) is 0 Å². The summed E-state index contributed by atoms with van der Waals surface area (Å²) in [7, 11) is 1.60. The van der Waals surface area contributed by atoms with Gasteiger partial charge < -0.3 is 4.74 Å². The highest BCUT2D eigenvalue weighted by Crippen LogP contribution is 2.25. The second-order valence-corrected chi connectivity index (χ2v) is 4.64. The Labute approximate surface area is 112 Å². The molecule has 0 fully saturated rings. The molecule has 0 radical (unpaired) electrons. The lowest BCUT2D eigenvalue weighted by atomic mass is 10.2. The molecule has 0 N–H and O–H groups in total. The van der Waals surface area contributed by atoms with E-state index in [0.717, 1.165) is 21.1 Å². The molecule has 0 amide bonds. The fourth-order valence-corrected chi connectivity index (χ4v) is 2.30. The Kier molecular flexibility index (Phi) is 2.76. The number of halogens is 1. The number of hydrogen-bond donors (Lipinski definition) is 0. The number of rotatable bonds is 2. The molecule has 2 heterocycles. The van der Waals surface area contributed by atoms with Crippen LogP contribution >= 0.6 is 15.9 Å². The number of fused-ring (bicyclic) bond motifs is 1. The Hall–Kier alpha value is -1.88. The topological polar surface area (TPSA) is 39.9 Å². The predicted molar refractivity (Wildman–Crippen MR) is 73.1 cm³/mol. The van der Waals surface area contributed by atoms with Crippen LogP contribution in [0.3, 0.4) is 0 Å². The molecular formula is C13H10BrN3O. The SMILES string of the molecule is COc1ccc(-n2ncc3c(Br)cccc32)cn1. The number of benzene rings is 1. The predicted octanol–water partition coefficient (Wildman–Crippen LogP) is 3.19. The lowest BCUT2D eigenvalue weighted by molar-refractivity contribution is 0.397. The van der Waals surface area contributed by atoms with Gasteiger partial charge in [0.05, 0.1) is 30.7 Å². The van der Waals surface area contributed by atoms with E-state index in [1.165, 1.54) is 0 Å². The van der Waals surface area contributed by atoms with Crippen LogP contribution in [0.15, 0.2) is 47.2 Å². The highest BCUT2D eigenvalue weighted by molar-refractivity contribution is 9.10. The molecule has 5 heteroatoms. The van der Waals surface area contributed by atoms with E-state index in [2.05, 4.69) is 26.0 Å². The van der Waals surface area contributed by atoms with Crippen molar-refractivity contribution in [2.75, 3.05) is 7.11 Å². The third-order valence-electron chi connectivity index (χ3n) is 2.73. The summed E-state index contributed by atoms with van der Waals surface area (Å²) < 4.78 is 7.93. The average molecular weight is 304 g/mol. The van der Waals surface area contributed by atoms with Gasteiger partial charge in [-0.25, -0.2) is 9.67 Å². The van der Waals surface area contributed by atoms with Gasteiger partial charge in [0.25, 0.3) is 0 Å². The Morgan fingerprint density at radius 3 is 2.78 bits per heavy atom. The highest BCUT2D eigenvalue weighted by Gasteiger charge is 2.07. The van der Waals surface area contributed by atoms with Gasteiger partial charge in [0, 0.05) is 15.9 Å². The minimum atomic E-state index is 0.594. The molecule has 4 nitrogen and oxygen atoms in total. The number of ether oxygens (including phenoxy) is 1. The summed E-state index contributed by atoms with van der Waals surface area (Å²) in [6, 6.07) is 9.76. The number of aromatic nitrogens is 3. The minimum absolute atomic E-state index is 0.594. The van der Waals surface area contributed by atoms with Crippen molar-refractivity contribution in [1.82, 2.24) is 14.8 Å². The Bertz CT molecular complexity index is 691. The van der Waals surface area contributed by atoms with E-state index in [9.17, 15) is 0 Å². The van der Waals surface area contributed by atoms with Gasteiger partial charge in [0.1, 0.15) is 0 Å². The average Bonchev–Trinajstić information content (AvgIpc) is 2.84. The van der Waals surface area contributed by atoms with Crippen molar-refractivity contribution in [3.05, 3.63) is 47.2 Å². The van der Waals surface area contributed by atoms with Gasteiger partial charge in [-0.3, -0.25) is 0 Å². The zero-order valence-corrected chi connectivity index (χ0v) is 11.3. The molecule has 0 saturated heterocycles. The molecule has 0 aliphatic heterocycles. The van der Waals surface area contributed by atoms with Crippen LogP contribution in [0.1, 0.15) is 0 Å². The van der Waals surface area contributed by atoms with E-state index in [0.29, 0.717) is 5.88 Å². The van der Waals surface area contributed by atoms with E-state index >= 15 is 0 Å². The molecule has 0 aliphatic carbocycles. The van der Waals surface area contributed by atoms with Crippen molar-refractivity contribution in [1.29, 1.82) is 0 Å². The fraction of sp³-hybridized carbons (Fsp3) is 0.0769. The summed E-state index contributed by atoms with van der Waals surface area (Å²) in [5.41, 5.74) is 1.94. The standard InChI is InChI=1S/C13H10BrN3O/c1-18-13-6-5-9(7-15-13)17-12-4-2-3-11(14)10(12)8-16-17/h2-8H,1H3. The summed E-state index contributed by atoms with van der Waals surface area (Å²) in [5.74, 6) is 0.594. The zero-order chi connectivity index (χ0) is 12.5. The molecule has 0 atom stereocenters. The van der Waals surface area contributed by atoms with Crippen LogP contribution in [0, 0.1) is 0 Å². The molecule has 0 unspecified atom stereocenters. The van der Waals surface area contributed by atoms with E-state index in [1.807, 2.05) is 41.2 Å². The van der Waals surface area contributed by atoms with E-state index in [4.69, 9.17) is 4.74 Å². The fourth-order valence-electron chi connectivity index (χ4n) is 1.84. The minimum Gasteiger partial charge on any atom is -0.481 e. The van der Waals surface area contributed by atoms with Crippen LogP contribution in [0.2, 0.25) is 0 Å². The first-order valence-corrected chi connectivity index (χ1v) is 6.21. The van der Waals surface area contributed by atoms with Crippen LogP contribution in [0.4, 0.5) is 0 Å². The third-order valence-corrected chi connectivity index (χ3v) is 3.43. The van der Waals surface area contributed by atoms with Crippen LogP contribution in [0.25, 0.3) is 16.6 Å². The number of methoxy groups -OCH3 is 1. The first-order chi connectivity index (χ1) is 8.79. The van der Waals surface area contributed by atoms with E-state index < -0.39 is 0 Å². The molecule has 0 aliphatic rings. The van der Waals surface area contributed by atoms with Crippen LogP contribution in [-0.2, 0) is 0 Å². The third kappa shape index (κ3) is 1.76. The van der Waals surface area contributed by atoms with Gasteiger partial charge in [-0.2, -0.15) is 5.10 Å². The summed E-state index contributed by atoms with van der Waals surface area (Å²) in [6.07, 6.45) is 3.58. The Balaban J connectivity index is 2.16. The first kappa shape index (κ1) is 11.2. The van der Waals surface area contributed by atoms with Gasteiger partial charge in [-0.05, 0) is 18.2 Å². The lowest BCUT2D eigenvalue weighted by Crippen LogP contribution is -1.97. The number of pyridine rings is 1. The molecule has 18 heavy (non-hydrogen) atoms. The van der Waals surface area contributed by atoms with Crippen LogP contribution in [-0.4, -0.2) is 21.9 Å². The highest BCUT2D eigenvalue weighted by atomic mass is 79.9. The summed E-state index contributed by atoms with van der Waals surface area (Å²) in [5, 5.41) is 5.46. The summed E-state index contributed by atoms with van der Waals surface area (Å²) in [6.45, 7) is 0. The lowest BCUT2D eigenvalue weighted by Gasteiger charge is -2.04. The molecule has 3 rings (SSSR count).